The predicted octanol–water partition coefficient (Wildman–Crippen LogP) is 0.990. The Labute approximate surface area is 125 Å². The number of fused-ring (bicyclic) bond motifs is 1. The molecular weight excluding hydrogens is 266 g/mol. The molecule has 21 heavy (non-hydrogen) atoms. The number of carbonyl (C=O) groups is 1. The Morgan fingerprint density at radius 1 is 1.48 bits per heavy atom. The van der Waals surface area contributed by atoms with Gasteiger partial charge < -0.3 is 15.0 Å². The molecule has 1 aromatic carbocycles. The van der Waals surface area contributed by atoms with Crippen molar-refractivity contribution in [1.82, 2.24) is 10.2 Å². The summed E-state index contributed by atoms with van der Waals surface area (Å²) in [7, 11) is 3.78. The fourth-order valence-corrected chi connectivity index (χ4v) is 3.07. The Kier molecular flexibility index (Phi) is 3.73. The highest BCUT2D eigenvalue weighted by Gasteiger charge is 2.49. The van der Waals surface area contributed by atoms with Gasteiger partial charge in [-0.15, -0.1) is 0 Å². The number of anilines is 1. The number of hydrogen-bond acceptors (Lipinski definition) is 4. The Morgan fingerprint density at radius 2 is 2.29 bits per heavy atom. The van der Waals surface area contributed by atoms with E-state index in [9.17, 15) is 4.79 Å². The molecule has 0 radical (unpaired) electrons. The molecule has 0 bridgehead atoms. The molecule has 2 atom stereocenters. The molecule has 3 rings (SSSR count). The second-order valence-electron chi connectivity index (χ2n) is 6.23. The van der Waals surface area contributed by atoms with Crippen LogP contribution >= 0.6 is 0 Å². The van der Waals surface area contributed by atoms with Gasteiger partial charge in [-0.3, -0.25) is 10.1 Å². The molecule has 1 fully saturated rings. The van der Waals surface area contributed by atoms with Crippen LogP contribution in [-0.2, 0) is 22.5 Å². The van der Waals surface area contributed by atoms with Crippen molar-refractivity contribution in [3.8, 4) is 0 Å². The van der Waals surface area contributed by atoms with Crippen LogP contribution in [-0.4, -0.2) is 49.7 Å². The summed E-state index contributed by atoms with van der Waals surface area (Å²) in [6.45, 7) is 4.65. The first-order valence-electron chi connectivity index (χ1n) is 7.42. The van der Waals surface area contributed by atoms with E-state index in [1.165, 1.54) is 11.1 Å². The highest BCUT2D eigenvalue weighted by atomic mass is 16.5. The summed E-state index contributed by atoms with van der Waals surface area (Å²) >= 11 is 0. The molecule has 1 saturated heterocycles. The van der Waals surface area contributed by atoms with Crippen molar-refractivity contribution in [3.63, 3.8) is 0 Å². The summed E-state index contributed by atoms with van der Waals surface area (Å²) in [6, 6.07) is 6.20. The normalized spacial score (nSPS) is 28.6. The van der Waals surface area contributed by atoms with E-state index < -0.39 is 5.54 Å². The monoisotopic (exact) mass is 289 g/mol. The van der Waals surface area contributed by atoms with Gasteiger partial charge >= 0.3 is 0 Å². The van der Waals surface area contributed by atoms with Crippen LogP contribution in [0.3, 0.4) is 0 Å². The first-order chi connectivity index (χ1) is 10.0. The molecule has 0 spiro atoms. The fourth-order valence-electron chi connectivity index (χ4n) is 3.07. The number of methoxy groups -OCH3 is 1. The Bertz CT molecular complexity index is 558. The van der Waals surface area contributed by atoms with Gasteiger partial charge in [-0.1, -0.05) is 6.07 Å². The molecule has 5 nitrogen and oxygen atoms in total. The third kappa shape index (κ3) is 2.57. The summed E-state index contributed by atoms with van der Waals surface area (Å²) in [5.41, 5.74) is 2.92. The van der Waals surface area contributed by atoms with Crippen molar-refractivity contribution in [2.24, 2.45) is 0 Å². The van der Waals surface area contributed by atoms with Crippen LogP contribution in [0.15, 0.2) is 18.2 Å². The van der Waals surface area contributed by atoms with Crippen LogP contribution in [0.4, 0.5) is 5.69 Å². The van der Waals surface area contributed by atoms with Crippen LogP contribution in [0, 0.1) is 0 Å². The molecule has 0 aliphatic carbocycles. The van der Waals surface area contributed by atoms with Gasteiger partial charge in [0.05, 0.1) is 6.10 Å². The van der Waals surface area contributed by atoms with E-state index >= 15 is 0 Å². The van der Waals surface area contributed by atoms with Crippen LogP contribution < -0.4 is 10.6 Å². The zero-order valence-electron chi connectivity index (χ0n) is 12.9. The van der Waals surface area contributed by atoms with Crippen molar-refractivity contribution >= 4 is 11.6 Å². The first-order valence-corrected chi connectivity index (χ1v) is 7.42. The molecule has 1 aromatic rings. The van der Waals surface area contributed by atoms with E-state index in [-0.39, 0.29) is 12.0 Å². The number of nitrogens with one attached hydrogen (secondary N) is 2. The minimum atomic E-state index is -0.634. The quantitative estimate of drug-likeness (QED) is 0.871. The molecule has 2 N–H and O–H groups in total. The lowest BCUT2D eigenvalue weighted by Gasteiger charge is -2.45. The number of rotatable bonds is 3. The van der Waals surface area contributed by atoms with Crippen molar-refractivity contribution in [3.05, 3.63) is 29.3 Å². The minimum absolute atomic E-state index is 0.0338. The van der Waals surface area contributed by atoms with Gasteiger partial charge in [0.1, 0.15) is 5.54 Å². The maximum Gasteiger partial charge on any atom is 0.247 e. The van der Waals surface area contributed by atoms with Crippen LogP contribution in [0.25, 0.3) is 0 Å². The maximum absolute atomic E-state index is 12.4. The molecule has 0 aromatic heterocycles. The number of likely N-dealkylation sites (N-methyl/N-ethyl adjacent to an activating group) is 1. The van der Waals surface area contributed by atoms with Gasteiger partial charge in [-0.25, -0.2) is 0 Å². The maximum atomic E-state index is 12.4. The Balaban J connectivity index is 1.72. The van der Waals surface area contributed by atoms with E-state index in [2.05, 4.69) is 34.7 Å². The number of ether oxygens (including phenoxy) is 1. The van der Waals surface area contributed by atoms with Gasteiger partial charge in [-0.2, -0.15) is 0 Å². The summed E-state index contributed by atoms with van der Waals surface area (Å²) in [4.78, 5) is 14.8. The van der Waals surface area contributed by atoms with Crippen molar-refractivity contribution < 1.29 is 9.53 Å². The first kappa shape index (κ1) is 14.5. The van der Waals surface area contributed by atoms with E-state index in [0.29, 0.717) is 0 Å². The standard InChI is InChI=1S/C16H23N3O2/c1-16(14(21-3)9-17-16)15(20)18-13-5-4-12-10-19(2)7-6-11(12)8-13/h4-5,8,14,17H,6-7,9-10H2,1-3H3,(H,18,20)/t14-,16+/m0/s1. The Morgan fingerprint density at radius 3 is 2.95 bits per heavy atom. The van der Waals surface area contributed by atoms with Gasteiger partial charge in [0.25, 0.3) is 0 Å². The smallest absolute Gasteiger partial charge is 0.247 e. The molecular formula is C16H23N3O2. The average molecular weight is 289 g/mol. The zero-order valence-corrected chi connectivity index (χ0v) is 12.9. The second kappa shape index (κ2) is 5.40. The minimum Gasteiger partial charge on any atom is -0.378 e. The molecule has 5 heteroatoms. The SMILES string of the molecule is CO[C@H]1CN[C@@]1(C)C(=O)Nc1ccc2c(c1)CCN(C)C2. The van der Waals surface area contributed by atoms with Gasteiger partial charge in [0.2, 0.25) is 5.91 Å². The number of carbonyl (C=O) groups excluding carboxylic acids is 1. The highest BCUT2D eigenvalue weighted by molar-refractivity contribution is 5.99. The fraction of sp³-hybridized carbons (Fsp3) is 0.562. The predicted molar refractivity (Wildman–Crippen MR) is 82.3 cm³/mol. The number of hydrogen-bond donors (Lipinski definition) is 2. The van der Waals surface area contributed by atoms with Crippen LogP contribution in [0.2, 0.25) is 0 Å². The highest BCUT2D eigenvalue weighted by Crippen LogP contribution is 2.26. The molecule has 0 unspecified atom stereocenters. The second-order valence-corrected chi connectivity index (χ2v) is 6.23. The number of benzene rings is 1. The molecule has 2 aliphatic rings. The zero-order chi connectivity index (χ0) is 15.0. The van der Waals surface area contributed by atoms with E-state index in [1.807, 2.05) is 13.0 Å². The summed E-state index contributed by atoms with van der Waals surface area (Å²) in [6.07, 6.45) is 0.968. The van der Waals surface area contributed by atoms with Crippen molar-refractivity contribution in [2.75, 3.05) is 32.6 Å². The third-order valence-corrected chi connectivity index (χ3v) is 4.72. The van der Waals surface area contributed by atoms with Gasteiger partial charge in [0, 0.05) is 32.4 Å². The molecule has 0 saturated carbocycles. The molecule has 2 aliphatic heterocycles. The van der Waals surface area contributed by atoms with Crippen LogP contribution in [0.1, 0.15) is 18.1 Å². The van der Waals surface area contributed by atoms with Crippen LogP contribution in [0.5, 0.6) is 0 Å². The molecule has 114 valence electrons. The summed E-state index contributed by atoms with van der Waals surface area (Å²) in [5.74, 6) is -0.0338. The topological polar surface area (TPSA) is 53.6 Å². The summed E-state index contributed by atoms with van der Waals surface area (Å²) < 4.78 is 5.33. The molecule has 2 heterocycles. The largest absolute Gasteiger partial charge is 0.378 e. The van der Waals surface area contributed by atoms with Crippen molar-refractivity contribution in [2.45, 2.75) is 31.5 Å². The van der Waals surface area contributed by atoms with Gasteiger partial charge in [-0.05, 0) is 43.7 Å². The average Bonchev–Trinajstić information content (AvgIpc) is 2.46. The lowest BCUT2D eigenvalue weighted by molar-refractivity contribution is -0.134. The number of nitrogens with zero attached hydrogens (tertiary/aromatic N) is 1. The lowest BCUT2D eigenvalue weighted by Crippen LogP contribution is -2.73. The Hall–Kier alpha value is -1.43. The lowest BCUT2D eigenvalue weighted by atomic mass is 9.85. The van der Waals surface area contributed by atoms with E-state index in [4.69, 9.17) is 4.74 Å². The molecule has 1 amide bonds. The summed E-state index contributed by atoms with van der Waals surface area (Å²) in [5, 5.41) is 6.18. The van der Waals surface area contributed by atoms with Crippen molar-refractivity contribution in [1.29, 1.82) is 0 Å². The third-order valence-electron chi connectivity index (χ3n) is 4.72. The van der Waals surface area contributed by atoms with E-state index in [0.717, 1.165) is 31.7 Å². The number of amides is 1. The van der Waals surface area contributed by atoms with E-state index in [1.54, 1.807) is 7.11 Å². The van der Waals surface area contributed by atoms with Gasteiger partial charge in [0.15, 0.2) is 0 Å².